The first-order valence-electron chi connectivity index (χ1n) is 4.96. The molecular formula is C11H14O4. The predicted molar refractivity (Wildman–Crippen MR) is 52.7 cm³/mol. The molecule has 0 aromatic heterocycles. The molecule has 4 heteroatoms. The molecule has 0 amide bonds. The third-order valence-electron chi connectivity index (χ3n) is 2.91. The van der Waals surface area contributed by atoms with E-state index >= 15 is 0 Å². The van der Waals surface area contributed by atoms with Crippen molar-refractivity contribution in [1.29, 1.82) is 0 Å². The number of rotatable bonds is 2. The van der Waals surface area contributed by atoms with E-state index in [4.69, 9.17) is 14.2 Å². The Balaban J connectivity index is 2.27. The Labute approximate surface area is 88.5 Å². The van der Waals surface area contributed by atoms with Crippen molar-refractivity contribution in [3.63, 3.8) is 0 Å². The van der Waals surface area contributed by atoms with Crippen molar-refractivity contribution >= 4 is 5.97 Å². The van der Waals surface area contributed by atoms with Gasteiger partial charge in [0.1, 0.15) is 0 Å². The fraction of sp³-hybridized carbons (Fsp3) is 0.545. The van der Waals surface area contributed by atoms with E-state index in [-0.39, 0.29) is 24.1 Å². The van der Waals surface area contributed by atoms with Crippen LogP contribution >= 0.6 is 0 Å². The number of hydrogen-bond acceptors (Lipinski definition) is 4. The summed E-state index contributed by atoms with van der Waals surface area (Å²) in [5.74, 6) is -0.155. The van der Waals surface area contributed by atoms with E-state index in [9.17, 15) is 4.79 Å². The van der Waals surface area contributed by atoms with Crippen molar-refractivity contribution in [3.05, 3.63) is 24.5 Å². The molecule has 2 heterocycles. The van der Waals surface area contributed by atoms with E-state index in [1.807, 2.05) is 0 Å². The van der Waals surface area contributed by atoms with Crippen LogP contribution in [-0.4, -0.2) is 26.0 Å². The van der Waals surface area contributed by atoms with Gasteiger partial charge in [-0.25, -0.2) is 4.79 Å². The van der Waals surface area contributed by atoms with Gasteiger partial charge >= 0.3 is 5.97 Å². The van der Waals surface area contributed by atoms with Gasteiger partial charge in [0, 0.05) is 18.9 Å². The van der Waals surface area contributed by atoms with Gasteiger partial charge in [-0.2, -0.15) is 0 Å². The molecule has 0 aromatic carbocycles. The quantitative estimate of drug-likeness (QED) is 0.508. The second-order valence-electron chi connectivity index (χ2n) is 3.66. The maximum Gasteiger partial charge on any atom is 0.337 e. The van der Waals surface area contributed by atoms with Gasteiger partial charge < -0.3 is 14.2 Å². The second kappa shape index (κ2) is 4.06. The minimum Gasteiger partial charge on any atom is -0.471 e. The highest BCUT2D eigenvalue weighted by Crippen LogP contribution is 2.36. The minimum atomic E-state index is -0.345. The fourth-order valence-electron chi connectivity index (χ4n) is 2.11. The summed E-state index contributed by atoms with van der Waals surface area (Å²) in [5, 5.41) is 0. The zero-order valence-corrected chi connectivity index (χ0v) is 8.64. The summed E-state index contributed by atoms with van der Waals surface area (Å²) < 4.78 is 15.4. The van der Waals surface area contributed by atoms with Crippen molar-refractivity contribution in [2.75, 3.05) is 13.7 Å². The highest BCUT2D eigenvalue weighted by Gasteiger charge is 2.40. The molecule has 15 heavy (non-hydrogen) atoms. The Morgan fingerprint density at radius 3 is 3.13 bits per heavy atom. The minimum absolute atomic E-state index is 0.0165. The molecule has 3 atom stereocenters. The fourth-order valence-corrected chi connectivity index (χ4v) is 2.11. The van der Waals surface area contributed by atoms with Crippen LogP contribution in [0, 0.1) is 11.8 Å². The number of cyclic esters (lactones) is 1. The highest BCUT2D eigenvalue weighted by atomic mass is 16.7. The first kappa shape index (κ1) is 10.2. The van der Waals surface area contributed by atoms with Gasteiger partial charge in [-0.05, 0) is 6.42 Å². The van der Waals surface area contributed by atoms with Crippen molar-refractivity contribution in [1.82, 2.24) is 0 Å². The van der Waals surface area contributed by atoms with Gasteiger partial charge in [0.2, 0.25) is 6.29 Å². The molecule has 0 aromatic rings. The zero-order valence-electron chi connectivity index (χ0n) is 8.64. The summed E-state index contributed by atoms with van der Waals surface area (Å²) in [4.78, 5) is 11.4. The average Bonchev–Trinajstić information content (AvgIpc) is 2.28. The first-order chi connectivity index (χ1) is 7.27. The van der Waals surface area contributed by atoms with Crippen molar-refractivity contribution in [2.24, 2.45) is 11.8 Å². The summed E-state index contributed by atoms with van der Waals surface area (Å²) in [7, 11) is 1.58. The Morgan fingerprint density at radius 1 is 1.67 bits per heavy atom. The lowest BCUT2D eigenvalue weighted by atomic mass is 9.81. The van der Waals surface area contributed by atoms with E-state index in [1.165, 1.54) is 6.26 Å². The maximum atomic E-state index is 11.4. The molecule has 2 aliphatic heterocycles. The lowest BCUT2D eigenvalue weighted by Gasteiger charge is -2.36. The van der Waals surface area contributed by atoms with Gasteiger partial charge in [-0.1, -0.05) is 6.08 Å². The summed E-state index contributed by atoms with van der Waals surface area (Å²) in [6, 6.07) is 0. The lowest BCUT2D eigenvalue weighted by Crippen LogP contribution is -2.39. The van der Waals surface area contributed by atoms with Crippen LogP contribution in [0.4, 0.5) is 0 Å². The van der Waals surface area contributed by atoms with E-state index in [0.717, 1.165) is 6.42 Å². The summed E-state index contributed by atoms with van der Waals surface area (Å²) >= 11 is 0. The van der Waals surface area contributed by atoms with Crippen LogP contribution in [0.2, 0.25) is 0 Å². The van der Waals surface area contributed by atoms with Crippen LogP contribution in [-0.2, 0) is 19.0 Å². The number of esters is 1. The Bertz CT molecular complexity index is 308. The van der Waals surface area contributed by atoms with Crippen LogP contribution in [0.15, 0.2) is 24.5 Å². The third kappa shape index (κ3) is 1.65. The molecule has 0 saturated carbocycles. The van der Waals surface area contributed by atoms with E-state index < -0.39 is 0 Å². The molecule has 2 rings (SSSR count). The lowest BCUT2D eigenvalue weighted by molar-refractivity contribution is -0.156. The van der Waals surface area contributed by atoms with E-state index in [1.54, 1.807) is 13.2 Å². The molecular weight excluding hydrogens is 196 g/mol. The molecule has 0 aliphatic carbocycles. The number of methoxy groups -OCH3 is 1. The molecule has 0 N–H and O–H groups in total. The standard InChI is InChI=1S/C11H14O4/c1-3-7-8-4-5-14-10(12)9(8)6-15-11(7)13-2/h3,6-8,11H,1,4-5H2,2H3/t7-,8-,11-/m0/s1. The number of carbonyl (C=O) groups excluding carboxylic acids is 1. The van der Waals surface area contributed by atoms with Crippen LogP contribution in [0.25, 0.3) is 0 Å². The predicted octanol–water partition coefficient (Wildman–Crippen LogP) is 1.24. The van der Waals surface area contributed by atoms with Crippen molar-refractivity contribution in [3.8, 4) is 0 Å². The summed E-state index contributed by atoms with van der Waals surface area (Å²) in [6.45, 7) is 4.22. The number of carbonyl (C=O) groups is 1. The highest BCUT2D eigenvalue weighted by molar-refractivity contribution is 5.89. The van der Waals surface area contributed by atoms with Gasteiger partial charge in [0.15, 0.2) is 0 Å². The largest absolute Gasteiger partial charge is 0.471 e. The van der Waals surface area contributed by atoms with Crippen LogP contribution in [0.3, 0.4) is 0 Å². The number of hydrogen-bond donors (Lipinski definition) is 0. The Hall–Kier alpha value is -1.29. The van der Waals surface area contributed by atoms with Gasteiger partial charge in [-0.3, -0.25) is 0 Å². The zero-order chi connectivity index (χ0) is 10.8. The summed E-state index contributed by atoms with van der Waals surface area (Å²) in [6.07, 6.45) is 3.70. The van der Waals surface area contributed by atoms with Gasteiger partial charge in [-0.15, -0.1) is 6.58 Å². The SMILES string of the molecule is C=C[C@@H]1[C@@H](OC)OC=C2C(=O)OCC[C@H]21. The second-order valence-corrected chi connectivity index (χ2v) is 3.66. The molecule has 1 saturated heterocycles. The van der Waals surface area contributed by atoms with E-state index in [2.05, 4.69) is 6.58 Å². The molecule has 0 bridgehead atoms. The molecule has 2 aliphatic rings. The first-order valence-corrected chi connectivity index (χ1v) is 4.96. The smallest absolute Gasteiger partial charge is 0.337 e. The summed E-state index contributed by atoms with van der Waals surface area (Å²) in [5.41, 5.74) is 0.597. The molecule has 0 radical (unpaired) electrons. The Kier molecular flexibility index (Phi) is 2.77. The normalized spacial score (nSPS) is 34.6. The molecule has 0 unspecified atom stereocenters. The van der Waals surface area contributed by atoms with E-state index in [0.29, 0.717) is 12.2 Å². The van der Waals surface area contributed by atoms with Crippen LogP contribution in [0.1, 0.15) is 6.42 Å². The molecule has 82 valence electrons. The van der Waals surface area contributed by atoms with Gasteiger partial charge in [0.05, 0.1) is 18.4 Å². The van der Waals surface area contributed by atoms with Crippen LogP contribution in [0.5, 0.6) is 0 Å². The molecule has 4 nitrogen and oxygen atoms in total. The molecule has 1 fully saturated rings. The topological polar surface area (TPSA) is 44.8 Å². The number of fused-ring (bicyclic) bond motifs is 1. The van der Waals surface area contributed by atoms with Crippen molar-refractivity contribution < 1.29 is 19.0 Å². The monoisotopic (exact) mass is 210 g/mol. The average molecular weight is 210 g/mol. The van der Waals surface area contributed by atoms with Crippen molar-refractivity contribution in [2.45, 2.75) is 12.7 Å². The Morgan fingerprint density at radius 2 is 2.47 bits per heavy atom. The maximum absolute atomic E-state index is 11.4. The molecule has 0 spiro atoms. The third-order valence-corrected chi connectivity index (χ3v) is 2.91. The van der Waals surface area contributed by atoms with Gasteiger partial charge in [0.25, 0.3) is 0 Å². The van der Waals surface area contributed by atoms with Crippen LogP contribution < -0.4 is 0 Å². The number of ether oxygens (including phenoxy) is 3.